The molecule has 0 radical (unpaired) electrons. The lowest BCUT2D eigenvalue weighted by molar-refractivity contribution is 0.389. The van der Waals surface area contributed by atoms with Crippen LogP contribution in [0.2, 0.25) is 0 Å². The summed E-state index contributed by atoms with van der Waals surface area (Å²) in [4.78, 5) is 0. The molecule has 0 saturated heterocycles. The van der Waals surface area contributed by atoms with Gasteiger partial charge in [-0.3, -0.25) is 0 Å². The van der Waals surface area contributed by atoms with Crippen molar-refractivity contribution in [2.24, 2.45) is 17.8 Å². The van der Waals surface area contributed by atoms with Gasteiger partial charge < -0.3 is 0 Å². The number of unbranched alkanes of at least 4 members (excludes halogenated alkanes) is 17. The molecule has 0 rings (SSSR count). The Bertz CT molecular complexity index is 372. The monoisotopic (exact) mass is 493 g/mol. The van der Waals surface area contributed by atoms with Crippen LogP contribution in [0.3, 0.4) is 0 Å². The molecule has 212 valence electrons. The van der Waals surface area contributed by atoms with Gasteiger partial charge in [0.15, 0.2) is 0 Å². The molecule has 0 saturated carbocycles. The molecule has 0 aromatic rings. The molecule has 0 fully saturated rings. The van der Waals surface area contributed by atoms with E-state index < -0.39 is 0 Å². The van der Waals surface area contributed by atoms with E-state index in [1.54, 1.807) is 0 Å². The van der Waals surface area contributed by atoms with Gasteiger partial charge in [0.25, 0.3) is 0 Å². The Hall–Kier alpha value is 0. The standard InChI is InChI=1S/C35H72/c1-6-8-9-10-11-12-13-14-15-16-17-18-20-24-29-34(4)31-26-32-35(5)30-25-22-19-21-23-28-33(3)27-7-2/h33-35H,6-32H2,1-5H3. The van der Waals surface area contributed by atoms with Crippen LogP contribution >= 0.6 is 0 Å². The second-order valence-electron chi connectivity index (χ2n) is 12.8. The second kappa shape index (κ2) is 28.6. The van der Waals surface area contributed by atoms with Crippen molar-refractivity contribution in [2.45, 2.75) is 208 Å². The highest BCUT2D eigenvalue weighted by atomic mass is 14.1. The third kappa shape index (κ3) is 28.4. The number of rotatable bonds is 29. The van der Waals surface area contributed by atoms with Gasteiger partial charge in [0.05, 0.1) is 0 Å². The van der Waals surface area contributed by atoms with Crippen LogP contribution in [0.5, 0.6) is 0 Å². The van der Waals surface area contributed by atoms with Crippen LogP contribution in [0.25, 0.3) is 0 Å². The predicted molar refractivity (Wildman–Crippen MR) is 163 cm³/mol. The summed E-state index contributed by atoms with van der Waals surface area (Å²) in [5.41, 5.74) is 0. The average Bonchev–Trinajstić information content (AvgIpc) is 2.83. The molecule has 0 aromatic heterocycles. The van der Waals surface area contributed by atoms with Gasteiger partial charge in [-0.25, -0.2) is 0 Å². The van der Waals surface area contributed by atoms with Crippen molar-refractivity contribution >= 4 is 0 Å². The maximum absolute atomic E-state index is 2.51. The highest BCUT2D eigenvalue weighted by molar-refractivity contribution is 4.60. The van der Waals surface area contributed by atoms with Gasteiger partial charge in [-0.15, -0.1) is 0 Å². The molecule has 0 spiro atoms. The first-order valence-electron chi connectivity index (χ1n) is 17.1. The zero-order valence-electron chi connectivity index (χ0n) is 25.8. The van der Waals surface area contributed by atoms with E-state index >= 15 is 0 Å². The minimum absolute atomic E-state index is 0.952. The van der Waals surface area contributed by atoms with Gasteiger partial charge in [-0.05, 0) is 17.8 Å². The van der Waals surface area contributed by atoms with Gasteiger partial charge in [-0.1, -0.05) is 208 Å². The number of hydrogen-bond donors (Lipinski definition) is 0. The van der Waals surface area contributed by atoms with E-state index in [2.05, 4.69) is 34.6 Å². The van der Waals surface area contributed by atoms with Crippen LogP contribution in [0.1, 0.15) is 208 Å². The molecule has 0 N–H and O–H groups in total. The van der Waals surface area contributed by atoms with Crippen molar-refractivity contribution in [3.63, 3.8) is 0 Å². The van der Waals surface area contributed by atoms with Gasteiger partial charge >= 0.3 is 0 Å². The van der Waals surface area contributed by atoms with Crippen molar-refractivity contribution < 1.29 is 0 Å². The minimum Gasteiger partial charge on any atom is -0.0654 e. The molecule has 0 aliphatic heterocycles. The topological polar surface area (TPSA) is 0 Å². The summed E-state index contributed by atoms with van der Waals surface area (Å²) in [6.07, 6.45) is 39.6. The van der Waals surface area contributed by atoms with E-state index in [0.717, 1.165) is 17.8 Å². The largest absolute Gasteiger partial charge is 0.0654 e. The minimum atomic E-state index is 0.952. The number of hydrogen-bond acceptors (Lipinski definition) is 0. The summed E-state index contributed by atoms with van der Waals surface area (Å²) in [7, 11) is 0. The van der Waals surface area contributed by atoms with E-state index in [1.165, 1.54) is 173 Å². The molecule has 0 heterocycles. The lowest BCUT2D eigenvalue weighted by Gasteiger charge is -2.14. The van der Waals surface area contributed by atoms with Crippen molar-refractivity contribution in [3.05, 3.63) is 0 Å². The van der Waals surface area contributed by atoms with E-state index in [0.29, 0.717) is 0 Å². The Kier molecular flexibility index (Phi) is 28.6. The maximum Gasteiger partial charge on any atom is -0.0443 e. The van der Waals surface area contributed by atoms with E-state index in [4.69, 9.17) is 0 Å². The molecule has 0 amide bonds. The van der Waals surface area contributed by atoms with Gasteiger partial charge in [0.1, 0.15) is 0 Å². The first kappa shape index (κ1) is 35.0. The average molecular weight is 493 g/mol. The van der Waals surface area contributed by atoms with Crippen LogP contribution < -0.4 is 0 Å². The summed E-state index contributed by atoms with van der Waals surface area (Å²) in [5.74, 6) is 2.86. The summed E-state index contributed by atoms with van der Waals surface area (Å²) in [6.45, 7) is 12.1. The molecule has 0 bridgehead atoms. The smallest absolute Gasteiger partial charge is 0.0443 e. The van der Waals surface area contributed by atoms with Crippen molar-refractivity contribution in [2.75, 3.05) is 0 Å². The van der Waals surface area contributed by atoms with E-state index in [-0.39, 0.29) is 0 Å². The van der Waals surface area contributed by atoms with Gasteiger partial charge in [0, 0.05) is 0 Å². The molecular weight excluding hydrogens is 420 g/mol. The fourth-order valence-corrected chi connectivity index (χ4v) is 5.94. The molecule has 0 heteroatoms. The Morgan fingerprint density at radius 3 is 0.829 bits per heavy atom. The molecule has 0 aliphatic rings. The quantitative estimate of drug-likeness (QED) is 0.0910. The molecule has 35 heavy (non-hydrogen) atoms. The molecule has 3 unspecified atom stereocenters. The molecule has 0 nitrogen and oxygen atoms in total. The highest BCUT2D eigenvalue weighted by Crippen LogP contribution is 2.22. The Morgan fingerprint density at radius 1 is 0.257 bits per heavy atom. The Balaban J connectivity index is 3.30. The summed E-state index contributed by atoms with van der Waals surface area (Å²) >= 11 is 0. The first-order chi connectivity index (χ1) is 17.1. The van der Waals surface area contributed by atoms with E-state index in [1.807, 2.05) is 0 Å². The van der Waals surface area contributed by atoms with E-state index in [9.17, 15) is 0 Å². The second-order valence-corrected chi connectivity index (χ2v) is 12.8. The third-order valence-corrected chi connectivity index (χ3v) is 8.62. The predicted octanol–water partition coefficient (Wildman–Crippen LogP) is 13.5. The molecule has 0 aliphatic carbocycles. The summed E-state index contributed by atoms with van der Waals surface area (Å²) in [5, 5.41) is 0. The Labute approximate surface area is 225 Å². The lowest BCUT2D eigenvalue weighted by Crippen LogP contribution is -1.99. The highest BCUT2D eigenvalue weighted by Gasteiger charge is 2.06. The van der Waals surface area contributed by atoms with Crippen molar-refractivity contribution in [3.8, 4) is 0 Å². The SMILES string of the molecule is CCCCCCCCCCCCCCCCC(C)CCCC(C)CCCCCCCC(C)CCC. The third-order valence-electron chi connectivity index (χ3n) is 8.62. The van der Waals surface area contributed by atoms with Crippen LogP contribution in [-0.4, -0.2) is 0 Å². The first-order valence-corrected chi connectivity index (χ1v) is 17.1. The van der Waals surface area contributed by atoms with Gasteiger partial charge in [0.2, 0.25) is 0 Å². The fraction of sp³-hybridized carbons (Fsp3) is 1.00. The van der Waals surface area contributed by atoms with Gasteiger partial charge in [-0.2, -0.15) is 0 Å². The van der Waals surface area contributed by atoms with Crippen LogP contribution in [0.15, 0.2) is 0 Å². The van der Waals surface area contributed by atoms with Crippen LogP contribution in [0.4, 0.5) is 0 Å². The molecule has 0 aromatic carbocycles. The van der Waals surface area contributed by atoms with Crippen molar-refractivity contribution in [1.29, 1.82) is 0 Å². The summed E-state index contributed by atoms with van der Waals surface area (Å²) < 4.78 is 0. The van der Waals surface area contributed by atoms with Crippen molar-refractivity contribution in [1.82, 2.24) is 0 Å². The molecule has 3 atom stereocenters. The Morgan fingerprint density at radius 2 is 0.514 bits per heavy atom. The zero-order valence-corrected chi connectivity index (χ0v) is 25.8. The van der Waals surface area contributed by atoms with Crippen LogP contribution in [0, 0.1) is 17.8 Å². The molecular formula is C35H72. The fourth-order valence-electron chi connectivity index (χ4n) is 5.94. The normalized spacial score (nSPS) is 14.3. The van der Waals surface area contributed by atoms with Crippen LogP contribution in [-0.2, 0) is 0 Å². The zero-order chi connectivity index (χ0) is 25.8. The summed E-state index contributed by atoms with van der Waals surface area (Å²) in [6, 6.07) is 0. The maximum atomic E-state index is 2.51. The lowest BCUT2D eigenvalue weighted by atomic mass is 9.92.